The molecule has 0 bridgehead atoms. The van der Waals surface area contributed by atoms with Crippen LogP contribution in [0.4, 0.5) is 8.78 Å². The summed E-state index contributed by atoms with van der Waals surface area (Å²) in [4.78, 5) is 0. The maximum Gasteiger partial charge on any atom is 0.261 e. The molecule has 0 aliphatic rings. The smallest absolute Gasteiger partial charge is 0.261 e. The van der Waals surface area contributed by atoms with E-state index in [0.29, 0.717) is 6.42 Å². The summed E-state index contributed by atoms with van der Waals surface area (Å²) in [5.41, 5.74) is 3.87. The Balaban J connectivity index is 2.25. The van der Waals surface area contributed by atoms with Crippen molar-refractivity contribution in [3.8, 4) is 5.75 Å². The fourth-order valence-electron chi connectivity index (χ4n) is 1.84. The van der Waals surface area contributed by atoms with E-state index in [0.717, 1.165) is 18.6 Å². The van der Waals surface area contributed by atoms with Crippen molar-refractivity contribution in [1.29, 1.82) is 0 Å². The number of methoxy groups -OCH3 is 1. The fourth-order valence-corrected chi connectivity index (χ4v) is 1.84. The van der Waals surface area contributed by atoms with Crippen LogP contribution in [0, 0.1) is 0 Å². The normalized spacial score (nSPS) is 12.7. The molecule has 6 heteroatoms. The molecule has 1 atom stereocenters. The summed E-state index contributed by atoms with van der Waals surface area (Å²) in [7, 11) is 1.63. The Bertz CT molecular complexity index is 361. The third-order valence-electron chi connectivity index (χ3n) is 3.03. The summed E-state index contributed by atoms with van der Waals surface area (Å²) in [6.45, 7) is -0.239. The summed E-state index contributed by atoms with van der Waals surface area (Å²) < 4.78 is 33.7. The molecule has 114 valence electrons. The average Bonchev–Trinajstić information content (AvgIpc) is 2.47. The third-order valence-corrected chi connectivity index (χ3v) is 3.03. The van der Waals surface area contributed by atoms with Crippen molar-refractivity contribution < 1.29 is 18.3 Å². The second-order valence-electron chi connectivity index (χ2n) is 4.51. The Kier molecular flexibility index (Phi) is 8.10. The highest BCUT2D eigenvalue weighted by Crippen LogP contribution is 2.13. The minimum Gasteiger partial charge on any atom is -0.497 e. The van der Waals surface area contributed by atoms with E-state index in [9.17, 15) is 8.78 Å². The van der Waals surface area contributed by atoms with Crippen LogP contribution >= 0.6 is 0 Å². The molecule has 1 rings (SSSR count). The van der Waals surface area contributed by atoms with Crippen LogP contribution in [0.3, 0.4) is 0 Å². The molecule has 1 aromatic carbocycles. The lowest BCUT2D eigenvalue weighted by molar-refractivity contribution is 0.0142. The van der Waals surface area contributed by atoms with Crippen LogP contribution in [0.15, 0.2) is 24.3 Å². The van der Waals surface area contributed by atoms with E-state index in [-0.39, 0.29) is 12.6 Å². The number of hydrogen-bond acceptors (Lipinski definition) is 4. The molecule has 0 aromatic heterocycles. The first kappa shape index (κ1) is 16.8. The Morgan fingerprint density at radius 3 is 2.45 bits per heavy atom. The van der Waals surface area contributed by atoms with Gasteiger partial charge in [-0.15, -0.1) is 0 Å². The van der Waals surface area contributed by atoms with Gasteiger partial charge < -0.3 is 9.47 Å². The fraction of sp³-hybridized carbons (Fsp3) is 0.571. The summed E-state index contributed by atoms with van der Waals surface area (Å²) in [6.07, 6.45) is -0.132. The summed E-state index contributed by atoms with van der Waals surface area (Å²) in [5, 5.41) is 0. The van der Waals surface area contributed by atoms with Crippen molar-refractivity contribution >= 4 is 0 Å². The van der Waals surface area contributed by atoms with Crippen molar-refractivity contribution in [3.05, 3.63) is 29.8 Å². The second-order valence-corrected chi connectivity index (χ2v) is 4.51. The minimum absolute atomic E-state index is 0.0507. The molecule has 0 aliphatic heterocycles. The number of aryl methyl sites for hydroxylation is 1. The van der Waals surface area contributed by atoms with Crippen molar-refractivity contribution in [1.82, 2.24) is 5.43 Å². The number of halogens is 2. The van der Waals surface area contributed by atoms with E-state index in [4.69, 9.17) is 15.3 Å². The lowest BCUT2D eigenvalue weighted by Crippen LogP contribution is -2.36. The van der Waals surface area contributed by atoms with Crippen LogP contribution in [0.2, 0.25) is 0 Å². The number of alkyl halides is 2. The van der Waals surface area contributed by atoms with E-state index in [2.05, 4.69) is 5.43 Å². The molecule has 0 heterocycles. The van der Waals surface area contributed by atoms with E-state index in [1.54, 1.807) is 7.11 Å². The molecular formula is C14H22F2N2O2. The molecule has 0 fully saturated rings. The molecule has 0 saturated heterocycles. The van der Waals surface area contributed by atoms with Gasteiger partial charge in [-0.25, -0.2) is 8.78 Å². The van der Waals surface area contributed by atoms with Gasteiger partial charge in [0.05, 0.1) is 7.11 Å². The van der Waals surface area contributed by atoms with Gasteiger partial charge in [-0.2, -0.15) is 0 Å². The Morgan fingerprint density at radius 1 is 1.20 bits per heavy atom. The van der Waals surface area contributed by atoms with Gasteiger partial charge >= 0.3 is 0 Å². The van der Waals surface area contributed by atoms with Gasteiger partial charge in [0.2, 0.25) is 0 Å². The molecule has 0 radical (unpaired) electrons. The lowest BCUT2D eigenvalue weighted by Gasteiger charge is -2.16. The maximum atomic E-state index is 11.9. The number of ether oxygens (including phenoxy) is 2. The predicted molar refractivity (Wildman–Crippen MR) is 73.9 cm³/mol. The molecule has 1 aromatic rings. The average molecular weight is 288 g/mol. The van der Waals surface area contributed by atoms with Gasteiger partial charge in [0.1, 0.15) is 12.4 Å². The standard InChI is InChI=1S/C14H22F2N2O2/c1-19-13-6-3-11(4-7-13)2-5-12(18-17)8-9-20-10-14(15)16/h3-4,6-7,12,14,18H,2,5,8-10,17H2,1H3. The number of rotatable bonds is 10. The lowest BCUT2D eigenvalue weighted by atomic mass is 10.0. The quantitative estimate of drug-likeness (QED) is 0.393. The summed E-state index contributed by atoms with van der Waals surface area (Å²) in [6, 6.07) is 7.87. The number of benzene rings is 1. The largest absolute Gasteiger partial charge is 0.497 e. The number of hydrogen-bond donors (Lipinski definition) is 2. The molecule has 0 aliphatic carbocycles. The molecule has 1 unspecified atom stereocenters. The topological polar surface area (TPSA) is 56.5 Å². The molecule has 3 N–H and O–H groups in total. The molecule has 0 spiro atoms. The van der Waals surface area contributed by atoms with Crippen LogP contribution in [0.25, 0.3) is 0 Å². The SMILES string of the molecule is COc1ccc(CCC(CCOCC(F)F)NN)cc1. The molecular weight excluding hydrogens is 266 g/mol. The molecule has 0 saturated carbocycles. The van der Waals surface area contributed by atoms with Crippen LogP contribution in [-0.2, 0) is 11.2 Å². The van der Waals surface area contributed by atoms with Gasteiger partial charge in [0, 0.05) is 12.6 Å². The highest BCUT2D eigenvalue weighted by molar-refractivity contribution is 5.27. The number of nitrogens with one attached hydrogen (secondary N) is 1. The summed E-state index contributed by atoms with van der Waals surface area (Å²) >= 11 is 0. The predicted octanol–water partition coefficient (Wildman–Crippen LogP) is 2.13. The van der Waals surface area contributed by atoms with Gasteiger partial charge in [-0.1, -0.05) is 12.1 Å². The maximum absolute atomic E-state index is 11.9. The Morgan fingerprint density at radius 2 is 1.90 bits per heavy atom. The molecule has 0 amide bonds. The van der Waals surface area contributed by atoms with Crippen LogP contribution in [-0.4, -0.2) is 32.8 Å². The van der Waals surface area contributed by atoms with E-state index in [1.165, 1.54) is 5.56 Å². The van der Waals surface area contributed by atoms with Crippen molar-refractivity contribution in [2.24, 2.45) is 5.84 Å². The van der Waals surface area contributed by atoms with E-state index < -0.39 is 13.0 Å². The van der Waals surface area contributed by atoms with Gasteiger partial charge in [0.15, 0.2) is 0 Å². The first-order valence-electron chi connectivity index (χ1n) is 6.60. The van der Waals surface area contributed by atoms with Gasteiger partial charge in [-0.05, 0) is 37.0 Å². The Labute approximate surface area is 118 Å². The summed E-state index contributed by atoms with van der Waals surface area (Å²) in [5.74, 6) is 6.27. The minimum atomic E-state index is -2.42. The van der Waals surface area contributed by atoms with Gasteiger partial charge in [-0.3, -0.25) is 11.3 Å². The van der Waals surface area contributed by atoms with Crippen molar-refractivity contribution in [3.63, 3.8) is 0 Å². The van der Waals surface area contributed by atoms with E-state index in [1.807, 2.05) is 24.3 Å². The molecule has 4 nitrogen and oxygen atoms in total. The highest BCUT2D eigenvalue weighted by atomic mass is 19.3. The zero-order chi connectivity index (χ0) is 14.8. The highest BCUT2D eigenvalue weighted by Gasteiger charge is 2.08. The molecule has 20 heavy (non-hydrogen) atoms. The third kappa shape index (κ3) is 6.79. The van der Waals surface area contributed by atoms with Crippen LogP contribution in [0.5, 0.6) is 5.75 Å². The first-order chi connectivity index (χ1) is 9.65. The monoisotopic (exact) mass is 288 g/mol. The zero-order valence-electron chi connectivity index (χ0n) is 11.6. The zero-order valence-corrected chi connectivity index (χ0v) is 11.6. The second kappa shape index (κ2) is 9.63. The van der Waals surface area contributed by atoms with Crippen molar-refractivity contribution in [2.45, 2.75) is 31.7 Å². The van der Waals surface area contributed by atoms with Crippen molar-refractivity contribution in [2.75, 3.05) is 20.3 Å². The number of hydrazine groups is 1. The van der Waals surface area contributed by atoms with Crippen LogP contribution in [0.1, 0.15) is 18.4 Å². The van der Waals surface area contributed by atoms with Gasteiger partial charge in [0.25, 0.3) is 6.43 Å². The number of nitrogens with two attached hydrogens (primary N) is 1. The van der Waals surface area contributed by atoms with E-state index >= 15 is 0 Å². The first-order valence-corrected chi connectivity index (χ1v) is 6.60. The Hall–Kier alpha value is -1.24. The van der Waals surface area contributed by atoms with Crippen LogP contribution < -0.4 is 16.0 Å².